The minimum Gasteiger partial charge on any atom is -0.508 e. The highest BCUT2D eigenvalue weighted by Gasteiger charge is 2.20. The van der Waals surface area contributed by atoms with Crippen molar-refractivity contribution in [3.63, 3.8) is 0 Å². The summed E-state index contributed by atoms with van der Waals surface area (Å²) in [6.07, 6.45) is 6.22. The van der Waals surface area contributed by atoms with Crippen molar-refractivity contribution in [1.29, 1.82) is 0 Å². The Bertz CT molecular complexity index is 625. The Morgan fingerprint density at radius 2 is 1.50 bits per heavy atom. The Balaban J connectivity index is 1.89. The van der Waals surface area contributed by atoms with Crippen LogP contribution in [0.5, 0.6) is 11.5 Å². The highest BCUT2D eigenvalue weighted by atomic mass is 16.3. The molecule has 1 aliphatic carbocycles. The van der Waals surface area contributed by atoms with E-state index in [4.69, 9.17) is 0 Å². The third-order valence-electron chi connectivity index (χ3n) is 4.99. The van der Waals surface area contributed by atoms with Crippen LogP contribution in [0, 0.1) is 0 Å². The van der Waals surface area contributed by atoms with E-state index < -0.39 is 0 Å². The van der Waals surface area contributed by atoms with Gasteiger partial charge < -0.3 is 10.2 Å². The lowest BCUT2D eigenvalue weighted by Crippen LogP contribution is -2.06. The molecule has 0 aliphatic heterocycles. The highest BCUT2D eigenvalue weighted by Crippen LogP contribution is 2.39. The van der Waals surface area contributed by atoms with E-state index in [9.17, 15) is 10.2 Å². The standard InChI is InChI=1S/C20H24O2/c1-14(15-7-10-18(21)11-8-15)17-9-12-20(22)19(13-17)16-5-3-2-4-6-16/h7-14,16,21-22H,2-6H2,1H3. The zero-order valence-electron chi connectivity index (χ0n) is 13.1. The van der Waals surface area contributed by atoms with Gasteiger partial charge in [-0.2, -0.15) is 0 Å². The second-order valence-corrected chi connectivity index (χ2v) is 6.47. The summed E-state index contributed by atoms with van der Waals surface area (Å²) in [6, 6.07) is 13.4. The third-order valence-corrected chi connectivity index (χ3v) is 4.99. The molecule has 3 rings (SSSR count). The van der Waals surface area contributed by atoms with E-state index in [1.165, 1.54) is 43.2 Å². The van der Waals surface area contributed by atoms with E-state index in [1.54, 1.807) is 12.1 Å². The topological polar surface area (TPSA) is 40.5 Å². The first-order chi connectivity index (χ1) is 10.6. The number of benzene rings is 2. The average Bonchev–Trinajstić information content (AvgIpc) is 2.56. The van der Waals surface area contributed by atoms with Gasteiger partial charge in [-0.25, -0.2) is 0 Å². The number of phenols is 2. The smallest absolute Gasteiger partial charge is 0.119 e. The van der Waals surface area contributed by atoms with Crippen molar-refractivity contribution in [2.75, 3.05) is 0 Å². The minimum atomic E-state index is 0.253. The van der Waals surface area contributed by atoms with Crippen molar-refractivity contribution in [3.05, 3.63) is 59.2 Å². The van der Waals surface area contributed by atoms with Crippen LogP contribution in [0.3, 0.4) is 0 Å². The zero-order chi connectivity index (χ0) is 15.5. The van der Waals surface area contributed by atoms with Crippen molar-refractivity contribution < 1.29 is 10.2 Å². The van der Waals surface area contributed by atoms with Gasteiger partial charge in [0.1, 0.15) is 11.5 Å². The van der Waals surface area contributed by atoms with Gasteiger partial charge in [0.2, 0.25) is 0 Å². The lowest BCUT2D eigenvalue weighted by atomic mass is 9.81. The Morgan fingerprint density at radius 1 is 0.864 bits per heavy atom. The fourth-order valence-electron chi connectivity index (χ4n) is 3.54. The normalized spacial score (nSPS) is 17.3. The first-order valence-corrected chi connectivity index (χ1v) is 8.27. The van der Waals surface area contributed by atoms with Gasteiger partial charge in [-0.15, -0.1) is 0 Å². The maximum absolute atomic E-state index is 10.2. The molecule has 0 heterocycles. The summed E-state index contributed by atoms with van der Waals surface area (Å²) in [5, 5.41) is 19.7. The molecule has 0 bridgehead atoms. The van der Waals surface area contributed by atoms with Crippen molar-refractivity contribution in [3.8, 4) is 11.5 Å². The lowest BCUT2D eigenvalue weighted by Gasteiger charge is -2.24. The molecule has 1 fully saturated rings. The van der Waals surface area contributed by atoms with Crippen LogP contribution in [0.15, 0.2) is 42.5 Å². The summed E-state index contributed by atoms with van der Waals surface area (Å²) < 4.78 is 0. The molecule has 0 spiro atoms. The second kappa shape index (κ2) is 6.43. The van der Waals surface area contributed by atoms with Crippen LogP contribution >= 0.6 is 0 Å². The molecule has 0 saturated heterocycles. The third kappa shape index (κ3) is 3.11. The number of rotatable bonds is 3. The number of hydrogen-bond donors (Lipinski definition) is 2. The molecule has 0 aromatic heterocycles. The molecule has 22 heavy (non-hydrogen) atoms. The monoisotopic (exact) mass is 296 g/mol. The molecule has 2 aromatic rings. The molecule has 1 unspecified atom stereocenters. The van der Waals surface area contributed by atoms with Gasteiger partial charge in [0.05, 0.1) is 0 Å². The van der Waals surface area contributed by atoms with Crippen molar-refractivity contribution in [2.24, 2.45) is 0 Å². The van der Waals surface area contributed by atoms with E-state index in [0.29, 0.717) is 17.4 Å². The molecule has 2 N–H and O–H groups in total. The molecule has 0 amide bonds. The highest BCUT2D eigenvalue weighted by molar-refractivity contribution is 5.43. The second-order valence-electron chi connectivity index (χ2n) is 6.47. The summed E-state index contributed by atoms with van der Waals surface area (Å²) in [6.45, 7) is 2.17. The average molecular weight is 296 g/mol. The lowest BCUT2D eigenvalue weighted by molar-refractivity contribution is 0.414. The molecule has 2 nitrogen and oxygen atoms in total. The maximum Gasteiger partial charge on any atom is 0.119 e. The molecule has 2 aromatic carbocycles. The Hall–Kier alpha value is -1.96. The first kappa shape index (κ1) is 15.0. The van der Waals surface area contributed by atoms with Gasteiger partial charge in [0.25, 0.3) is 0 Å². The Labute approximate surface area is 132 Å². The summed E-state index contributed by atoms with van der Waals surface area (Å²) in [7, 11) is 0. The molecule has 2 heteroatoms. The van der Waals surface area contributed by atoms with Gasteiger partial charge in [-0.05, 0) is 53.6 Å². The van der Waals surface area contributed by atoms with Crippen LogP contribution in [-0.4, -0.2) is 10.2 Å². The van der Waals surface area contributed by atoms with Crippen LogP contribution in [0.2, 0.25) is 0 Å². The van der Waals surface area contributed by atoms with Crippen LogP contribution in [0.4, 0.5) is 0 Å². The number of hydrogen-bond acceptors (Lipinski definition) is 2. The van der Waals surface area contributed by atoms with E-state index in [0.717, 1.165) is 5.56 Å². The first-order valence-electron chi connectivity index (χ1n) is 8.27. The van der Waals surface area contributed by atoms with Gasteiger partial charge in [-0.1, -0.05) is 50.5 Å². The zero-order valence-corrected chi connectivity index (χ0v) is 13.1. The van der Waals surface area contributed by atoms with E-state index in [-0.39, 0.29) is 5.92 Å². The van der Waals surface area contributed by atoms with Gasteiger partial charge in [-0.3, -0.25) is 0 Å². The summed E-state index contributed by atoms with van der Waals surface area (Å²) in [4.78, 5) is 0. The largest absolute Gasteiger partial charge is 0.508 e. The summed E-state index contributed by atoms with van der Waals surface area (Å²) >= 11 is 0. The van der Waals surface area contributed by atoms with Crippen molar-refractivity contribution in [1.82, 2.24) is 0 Å². The molecule has 1 saturated carbocycles. The molecular formula is C20H24O2. The predicted octanol–water partition coefficient (Wildman–Crippen LogP) is 5.30. The molecule has 0 radical (unpaired) electrons. The molecular weight excluding hydrogens is 272 g/mol. The molecule has 1 atom stereocenters. The quantitative estimate of drug-likeness (QED) is 0.807. The fraction of sp³-hybridized carbons (Fsp3) is 0.400. The number of phenolic OH excluding ortho intramolecular Hbond substituents is 2. The predicted molar refractivity (Wildman–Crippen MR) is 89.6 cm³/mol. The summed E-state index contributed by atoms with van der Waals surface area (Å²) in [5.74, 6) is 1.49. The van der Waals surface area contributed by atoms with Gasteiger partial charge in [0, 0.05) is 5.92 Å². The van der Waals surface area contributed by atoms with Gasteiger partial charge in [0.15, 0.2) is 0 Å². The Morgan fingerprint density at radius 3 is 2.18 bits per heavy atom. The van der Waals surface area contributed by atoms with Crippen LogP contribution in [0.1, 0.15) is 67.6 Å². The minimum absolute atomic E-state index is 0.253. The van der Waals surface area contributed by atoms with Crippen molar-refractivity contribution >= 4 is 0 Å². The van der Waals surface area contributed by atoms with Gasteiger partial charge >= 0.3 is 0 Å². The summed E-state index contributed by atoms with van der Waals surface area (Å²) in [5.41, 5.74) is 3.52. The Kier molecular flexibility index (Phi) is 4.37. The van der Waals surface area contributed by atoms with Crippen LogP contribution < -0.4 is 0 Å². The SMILES string of the molecule is CC(c1ccc(O)cc1)c1ccc(O)c(C2CCCCC2)c1. The molecule has 116 valence electrons. The van der Waals surface area contributed by atoms with E-state index >= 15 is 0 Å². The van der Waals surface area contributed by atoms with Crippen LogP contribution in [-0.2, 0) is 0 Å². The van der Waals surface area contributed by atoms with Crippen molar-refractivity contribution in [2.45, 2.75) is 50.9 Å². The fourth-order valence-corrected chi connectivity index (χ4v) is 3.54. The molecule has 1 aliphatic rings. The van der Waals surface area contributed by atoms with Crippen LogP contribution in [0.25, 0.3) is 0 Å². The maximum atomic E-state index is 10.2. The van der Waals surface area contributed by atoms with E-state index in [2.05, 4.69) is 13.0 Å². The number of aromatic hydroxyl groups is 2. The van der Waals surface area contributed by atoms with E-state index in [1.807, 2.05) is 24.3 Å².